The van der Waals surface area contributed by atoms with Gasteiger partial charge in [0.25, 0.3) is 0 Å². The van der Waals surface area contributed by atoms with Gasteiger partial charge in [-0.3, -0.25) is 9.69 Å². The van der Waals surface area contributed by atoms with Crippen LogP contribution in [0.2, 0.25) is 5.02 Å². The maximum Gasteiger partial charge on any atom is 0.235 e. The minimum Gasteiger partial charge on any atom is -0.387 e. The molecular formula is C21H25ClN2O2S. The Morgan fingerprint density at radius 1 is 1.07 bits per heavy atom. The second-order valence-corrected chi connectivity index (χ2v) is 8.62. The molecule has 2 aromatic rings. The van der Waals surface area contributed by atoms with Crippen molar-refractivity contribution >= 4 is 29.3 Å². The number of halogens is 1. The van der Waals surface area contributed by atoms with E-state index in [1.54, 1.807) is 11.8 Å². The van der Waals surface area contributed by atoms with Crippen LogP contribution in [-0.2, 0) is 4.79 Å². The lowest BCUT2D eigenvalue weighted by molar-refractivity contribution is -0.132. The van der Waals surface area contributed by atoms with Crippen molar-refractivity contribution in [2.24, 2.45) is 0 Å². The first-order chi connectivity index (χ1) is 13.0. The van der Waals surface area contributed by atoms with Crippen LogP contribution in [0.25, 0.3) is 0 Å². The average Bonchev–Trinajstić information content (AvgIpc) is 2.70. The monoisotopic (exact) mass is 404 g/mol. The van der Waals surface area contributed by atoms with Gasteiger partial charge in [0.15, 0.2) is 0 Å². The molecule has 4 nitrogen and oxygen atoms in total. The largest absolute Gasteiger partial charge is 0.387 e. The number of aliphatic hydroxyl groups excluding tert-OH is 1. The summed E-state index contributed by atoms with van der Waals surface area (Å²) in [6.45, 7) is 5.52. The van der Waals surface area contributed by atoms with E-state index < -0.39 is 6.10 Å². The van der Waals surface area contributed by atoms with Gasteiger partial charge >= 0.3 is 0 Å². The number of amides is 1. The van der Waals surface area contributed by atoms with Crippen LogP contribution in [0, 0.1) is 0 Å². The quantitative estimate of drug-likeness (QED) is 0.745. The lowest BCUT2D eigenvalue weighted by atomic mass is 10.1. The molecule has 0 aliphatic carbocycles. The fourth-order valence-electron chi connectivity index (χ4n) is 3.20. The van der Waals surface area contributed by atoms with Gasteiger partial charge < -0.3 is 10.0 Å². The number of thioether (sulfide) groups is 1. The predicted octanol–water partition coefficient (Wildman–Crippen LogP) is 3.70. The smallest absolute Gasteiger partial charge is 0.235 e. The van der Waals surface area contributed by atoms with Crippen molar-refractivity contribution in [2.45, 2.75) is 23.2 Å². The normalized spacial score (nSPS) is 17.5. The molecule has 1 fully saturated rings. The Balaban J connectivity index is 1.46. The number of piperazine rings is 1. The van der Waals surface area contributed by atoms with Crippen molar-refractivity contribution in [2.75, 3.05) is 32.7 Å². The van der Waals surface area contributed by atoms with Crippen molar-refractivity contribution < 1.29 is 9.90 Å². The molecule has 0 spiro atoms. The minimum atomic E-state index is -0.493. The van der Waals surface area contributed by atoms with Gasteiger partial charge in [0.2, 0.25) is 5.91 Å². The Labute approximate surface area is 170 Å². The van der Waals surface area contributed by atoms with Crippen LogP contribution in [-0.4, -0.2) is 58.8 Å². The summed E-state index contributed by atoms with van der Waals surface area (Å²) in [4.78, 5) is 17.9. The molecule has 1 N–H and O–H groups in total. The topological polar surface area (TPSA) is 43.8 Å². The van der Waals surface area contributed by atoms with Crippen molar-refractivity contribution in [1.29, 1.82) is 0 Å². The second kappa shape index (κ2) is 9.60. The Morgan fingerprint density at radius 2 is 1.70 bits per heavy atom. The molecule has 144 valence electrons. The molecule has 27 heavy (non-hydrogen) atoms. The molecule has 0 radical (unpaired) electrons. The Kier molecular flexibility index (Phi) is 7.19. The maximum atomic E-state index is 12.7. The first-order valence-corrected chi connectivity index (χ1v) is 10.4. The molecule has 2 unspecified atom stereocenters. The van der Waals surface area contributed by atoms with E-state index in [0.717, 1.165) is 23.5 Å². The van der Waals surface area contributed by atoms with Crippen molar-refractivity contribution in [3.05, 3.63) is 65.2 Å². The standard InChI is InChI=1S/C21H25ClN2O2S/c1-16(27-19-9-7-18(22)8-10-19)21(26)24-13-11-23(12-14-24)15-20(25)17-5-3-2-4-6-17/h2-10,16,20,25H,11-15H2,1H3. The Bertz CT molecular complexity index is 734. The van der Waals surface area contributed by atoms with Crippen LogP contribution in [0.15, 0.2) is 59.5 Å². The van der Waals surface area contributed by atoms with Gasteiger partial charge in [-0.1, -0.05) is 41.9 Å². The fourth-order valence-corrected chi connectivity index (χ4v) is 4.28. The Hall–Kier alpha value is -1.53. The molecule has 0 bridgehead atoms. The lowest BCUT2D eigenvalue weighted by Gasteiger charge is -2.36. The van der Waals surface area contributed by atoms with E-state index >= 15 is 0 Å². The molecule has 1 heterocycles. The molecule has 0 aromatic heterocycles. The molecule has 1 aliphatic heterocycles. The van der Waals surface area contributed by atoms with Gasteiger partial charge in [0.05, 0.1) is 11.4 Å². The number of hydrogen-bond acceptors (Lipinski definition) is 4. The first kappa shape index (κ1) is 20.2. The highest BCUT2D eigenvalue weighted by atomic mass is 35.5. The number of β-amino-alcohol motifs (C(OH)–C–C–N with tert-alkyl or cyclic N) is 1. The summed E-state index contributed by atoms with van der Waals surface area (Å²) in [5, 5.41) is 11.0. The first-order valence-electron chi connectivity index (χ1n) is 9.19. The van der Waals surface area contributed by atoms with Crippen LogP contribution in [0.3, 0.4) is 0 Å². The third-order valence-electron chi connectivity index (χ3n) is 4.77. The lowest BCUT2D eigenvalue weighted by Crippen LogP contribution is -2.51. The molecule has 2 aromatic carbocycles. The summed E-state index contributed by atoms with van der Waals surface area (Å²) >= 11 is 7.47. The van der Waals surface area contributed by atoms with E-state index in [9.17, 15) is 9.90 Å². The van der Waals surface area contributed by atoms with Crippen LogP contribution < -0.4 is 0 Å². The third kappa shape index (κ3) is 5.72. The van der Waals surface area contributed by atoms with E-state index in [-0.39, 0.29) is 11.2 Å². The van der Waals surface area contributed by atoms with Gasteiger partial charge in [-0.15, -0.1) is 11.8 Å². The molecule has 3 rings (SSSR count). The summed E-state index contributed by atoms with van der Waals surface area (Å²) in [5.74, 6) is 0.165. The Morgan fingerprint density at radius 3 is 2.33 bits per heavy atom. The molecular weight excluding hydrogens is 380 g/mol. The van der Waals surface area contributed by atoms with Crippen molar-refractivity contribution in [1.82, 2.24) is 9.80 Å². The summed E-state index contributed by atoms with van der Waals surface area (Å²) in [7, 11) is 0. The number of carbonyl (C=O) groups is 1. The minimum absolute atomic E-state index is 0.132. The summed E-state index contributed by atoms with van der Waals surface area (Å²) in [5.41, 5.74) is 0.934. The van der Waals surface area contributed by atoms with E-state index in [0.29, 0.717) is 24.7 Å². The second-order valence-electron chi connectivity index (χ2n) is 6.77. The van der Waals surface area contributed by atoms with E-state index in [1.807, 2.05) is 66.4 Å². The van der Waals surface area contributed by atoms with Crippen LogP contribution in [0.4, 0.5) is 0 Å². The predicted molar refractivity (Wildman–Crippen MR) is 111 cm³/mol. The molecule has 1 aliphatic rings. The van der Waals surface area contributed by atoms with Crippen LogP contribution in [0.1, 0.15) is 18.6 Å². The zero-order chi connectivity index (χ0) is 19.2. The highest BCUT2D eigenvalue weighted by Crippen LogP contribution is 2.26. The maximum absolute atomic E-state index is 12.7. The van der Waals surface area contributed by atoms with E-state index in [2.05, 4.69) is 4.90 Å². The highest BCUT2D eigenvalue weighted by Gasteiger charge is 2.26. The molecule has 1 amide bonds. The van der Waals surface area contributed by atoms with Crippen LogP contribution >= 0.6 is 23.4 Å². The van der Waals surface area contributed by atoms with Gasteiger partial charge in [-0.2, -0.15) is 0 Å². The molecule has 6 heteroatoms. The van der Waals surface area contributed by atoms with Crippen molar-refractivity contribution in [3.63, 3.8) is 0 Å². The SMILES string of the molecule is CC(Sc1ccc(Cl)cc1)C(=O)N1CCN(CC(O)c2ccccc2)CC1. The van der Waals surface area contributed by atoms with Gasteiger partial charge in [-0.05, 0) is 36.8 Å². The van der Waals surface area contributed by atoms with Crippen molar-refractivity contribution in [3.8, 4) is 0 Å². The number of rotatable bonds is 6. The molecule has 0 saturated carbocycles. The number of carbonyl (C=O) groups excluding carboxylic acids is 1. The number of nitrogens with zero attached hydrogens (tertiary/aromatic N) is 2. The highest BCUT2D eigenvalue weighted by molar-refractivity contribution is 8.00. The number of aliphatic hydroxyl groups is 1. The van der Waals surface area contributed by atoms with E-state index in [4.69, 9.17) is 11.6 Å². The fraction of sp³-hybridized carbons (Fsp3) is 0.381. The van der Waals surface area contributed by atoms with E-state index in [1.165, 1.54) is 0 Å². The van der Waals surface area contributed by atoms with Gasteiger partial charge in [0.1, 0.15) is 0 Å². The number of hydrogen-bond donors (Lipinski definition) is 1. The molecule has 1 saturated heterocycles. The summed E-state index contributed by atoms with van der Waals surface area (Å²) < 4.78 is 0. The number of benzene rings is 2. The third-order valence-corrected chi connectivity index (χ3v) is 6.13. The van der Waals surface area contributed by atoms with Crippen LogP contribution in [0.5, 0.6) is 0 Å². The average molecular weight is 405 g/mol. The summed E-state index contributed by atoms with van der Waals surface area (Å²) in [6.07, 6.45) is -0.493. The van der Waals surface area contributed by atoms with Gasteiger partial charge in [-0.25, -0.2) is 0 Å². The zero-order valence-corrected chi connectivity index (χ0v) is 17.0. The molecule has 2 atom stereocenters. The zero-order valence-electron chi connectivity index (χ0n) is 15.4. The summed E-state index contributed by atoms with van der Waals surface area (Å²) in [6, 6.07) is 17.3. The van der Waals surface area contributed by atoms with Gasteiger partial charge in [0, 0.05) is 42.6 Å².